The third kappa shape index (κ3) is 3.89. The molecule has 8 heteroatoms. The Morgan fingerprint density at radius 2 is 1.75 bits per heavy atom. The number of amidine groups is 1. The summed E-state index contributed by atoms with van der Waals surface area (Å²) < 4.78 is 24.3. The van der Waals surface area contributed by atoms with E-state index in [1.165, 1.54) is 25.1 Å². The number of hydrogen-bond donors (Lipinski definition) is 0. The number of carbonyl (C=O) groups is 2. The lowest BCUT2D eigenvalue weighted by Crippen LogP contribution is -2.38. The van der Waals surface area contributed by atoms with E-state index in [1.54, 1.807) is 12.1 Å². The Labute approximate surface area is 169 Å². The van der Waals surface area contributed by atoms with Crippen LogP contribution in [0.15, 0.2) is 29.3 Å². The van der Waals surface area contributed by atoms with Crippen LogP contribution in [0.5, 0.6) is 0 Å². The van der Waals surface area contributed by atoms with Gasteiger partial charge in [-0.2, -0.15) is 4.99 Å². The molecule has 1 saturated carbocycles. The van der Waals surface area contributed by atoms with Gasteiger partial charge in [-0.1, -0.05) is 31.0 Å². The van der Waals surface area contributed by atoms with Gasteiger partial charge in [-0.05, 0) is 44.0 Å². The van der Waals surface area contributed by atoms with Crippen LogP contribution in [0.1, 0.15) is 49.4 Å². The summed E-state index contributed by atoms with van der Waals surface area (Å²) in [6.07, 6.45) is 5.07. The molecule has 0 unspecified atom stereocenters. The van der Waals surface area contributed by atoms with E-state index in [4.69, 9.17) is 0 Å². The predicted octanol–water partition coefficient (Wildman–Crippen LogP) is 3.07. The third-order valence-corrected chi connectivity index (χ3v) is 8.99. The van der Waals surface area contributed by atoms with E-state index < -0.39 is 9.84 Å². The molecule has 0 bridgehead atoms. The Morgan fingerprint density at radius 3 is 2.39 bits per heavy atom. The van der Waals surface area contributed by atoms with Crippen molar-refractivity contribution in [1.29, 1.82) is 0 Å². The molecule has 0 N–H and O–H groups in total. The van der Waals surface area contributed by atoms with Gasteiger partial charge in [-0.15, -0.1) is 0 Å². The minimum absolute atomic E-state index is 0.0204. The van der Waals surface area contributed by atoms with E-state index in [-0.39, 0.29) is 40.4 Å². The average molecular weight is 421 g/mol. The molecule has 150 valence electrons. The highest BCUT2D eigenvalue weighted by Gasteiger charge is 2.49. The van der Waals surface area contributed by atoms with Crippen LogP contribution >= 0.6 is 11.8 Å². The number of amides is 1. The zero-order valence-corrected chi connectivity index (χ0v) is 17.5. The van der Waals surface area contributed by atoms with Gasteiger partial charge in [-0.3, -0.25) is 9.59 Å². The molecule has 1 aromatic carbocycles. The van der Waals surface area contributed by atoms with Crippen LogP contribution in [-0.2, 0) is 14.6 Å². The fraction of sp³-hybridized carbons (Fsp3) is 0.550. The largest absolute Gasteiger partial charge is 0.316 e. The topological polar surface area (TPSA) is 83.9 Å². The zero-order valence-electron chi connectivity index (χ0n) is 15.8. The van der Waals surface area contributed by atoms with Gasteiger partial charge in [0.15, 0.2) is 20.8 Å². The van der Waals surface area contributed by atoms with E-state index in [9.17, 15) is 18.0 Å². The summed E-state index contributed by atoms with van der Waals surface area (Å²) in [6, 6.07) is 6.87. The number of ketones is 1. The van der Waals surface area contributed by atoms with E-state index in [1.807, 2.05) is 17.0 Å². The van der Waals surface area contributed by atoms with Gasteiger partial charge in [0, 0.05) is 22.4 Å². The lowest BCUT2D eigenvalue weighted by Gasteiger charge is -2.25. The van der Waals surface area contributed by atoms with Crippen LogP contribution in [0.2, 0.25) is 0 Å². The number of sulfone groups is 1. The van der Waals surface area contributed by atoms with E-state index in [0.29, 0.717) is 10.7 Å². The number of carbonyl (C=O) groups excluding carboxylic acids is 2. The second-order valence-electron chi connectivity index (χ2n) is 7.84. The second-order valence-corrected chi connectivity index (χ2v) is 11.2. The summed E-state index contributed by atoms with van der Waals surface area (Å²) >= 11 is 1.40. The predicted molar refractivity (Wildman–Crippen MR) is 112 cm³/mol. The number of benzene rings is 1. The van der Waals surface area contributed by atoms with Crippen molar-refractivity contribution in [3.8, 4) is 0 Å². The Hall–Kier alpha value is -1.67. The third-order valence-electron chi connectivity index (χ3n) is 5.78. The minimum Gasteiger partial charge on any atom is -0.316 e. The Kier molecular flexibility index (Phi) is 5.35. The van der Waals surface area contributed by atoms with Gasteiger partial charge in [0.2, 0.25) is 0 Å². The quantitative estimate of drug-likeness (QED) is 0.699. The fourth-order valence-corrected chi connectivity index (χ4v) is 8.18. The van der Waals surface area contributed by atoms with Gasteiger partial charge in [-0.25, -0.2) is 8.42 Å². The van der Waals surface area contributed by atoms with Crippen LogP contribution in [0, 0.1) is 5.92 Å². The molecule has 2 heterocycles. The summed E-state index contributed by atoms with van der Waals surface area (Å²) in [7, 11) is -3.10. The Bertz CT molecular complexity index is 918. The average Bonchev–Trinajstić information content (AvgIpc) is 3.13. The van der Waals surface area contributed by atoms with Crippen molar-refractivity contribution in [2.24, 2.45) is 10.9 Å². The highest BCUT2D eigenvalue weighted by atomic mass is 32.2. The molecule has 2 atom stereocenters. The molecule has 1 aromatic rings. The highest BCUT2D eigenvalue weighted by Crippen LogP contribution is 2.41. The molecule has 2 aliphatic heterocycles. The standard InChI is InChI=1S/C20H24N2O4S2/c1-13(23)14-7-9-16(10-8-14)22-17-11-28(25,26)12-18(17)27-20(22)21-19(24)15-5-3-2-4-6-15/h7-10,15,17-18H,2-6,11-12H2,1H3/t17-,18-/m0/s1. The number of Topliss-reactive ketones (excluding diaryl/α,β-unsaturated/α-hetero) is 1. The van der Waals surface area contributed by atoms with Crippen molar-refractivity contribution in [1.82, 2.24) is 0 Å². The fourth-order valence-electron chi connectivity index (χ4n) is 4.26. The van der Waals surface area contributed by atoms with Gasteiger partial charge < -0.3 is 4.90 Å². The van der Waals surface area contributed by atoms with Crippen molar-refractivity contribution in [3.05, 3.63) is 29.8 Å². The minimum atomic E-state index is -3.10. The molecule has 1 aliphatic carbocycles. The zero-order chi connectivity index (χ0) is 19.9. The number of anilines is 1. The monoisotopic (exact) mass is 420 g/mol. The molecule has 0 spiro atoms. The van der Waals surface area contributed by atoms with E-state index in [2.05, 4.69) is 4.99 Å². The number of rotatable bonds is 3. The van der Waals surface area contributed by atoms with Gasteiger partial charge in [0.25, 0.3) is 5.91 Å². The molecule has 6 nitrogen and oxygen atoms in total. The van der Waals surface area contributed by atoms with Gasteiger partial charge in [0.05, 0.1) is 17.5 Å². The van der Waals surface area contributed by atoms with Crippen molar-refractivity contribution < 1.29 is 18.0 Å². The number of aliphatic imine (C=N–C) groups is 1. The lowest BCUT2D eigenvalue weighted by atomic mass is 9.89. The summed E-state index contributed by atoms with van der Waals surface area (Å²) in [5.41, 5.74) is 1.38. The SMILES string of the molecule is CC(=O)c1ccc(N2C(=NC(=O)C3CCCCC3)S[C@H]3CS(=O)(=O)C[C@@H]32)cc1. The molecular weight excluding hydrogens is 396 g/mol. The summed E-state index contributed by atoms with van der Waals surface area (Å²) in [5, 5.41) is 0.478. The van der Waals surface area contributed by atoms with Gasteiger partial charge in [0.1, 0.15) is 0 Å². The lowest BCUT2D eigenvalue weighted by molar-refractivity contribution is -0.122. The molecule has 2 saturated heterocycles. The molecule has 4 rings (SSSR count). The summed E-state index contributed by atoms with van der Waals surface area (Å²) in [6.45, 7) is 1.51. The smallest absolute Gasteiger partial charge is 0.251 e. The first-order chi connectivity index (χ1) is 13.3. The first kappa shape index (κ1) is 19.6. The van der Waals surface area contributed by atoms with Crippen LogP contribution < -0.4 is 4.90 Å². The molecule has 3 fully saturated rings. The second kappa shape index (κ2) is 7.63. The molecule has 0 radical (unpaired) electrons. The first-order valence-electron chi connectivity index (χ1n) is 9.74. The normalized spacial score (nSPS) is 28.5. The van der Waals surface area contributed by atoms with Crippen LogP contribution in [0.3, 0.4) is 0 Å². The first-order valence-corrected chi connectivity index (χ1v) is 12.4. The summed E-state index contributed by atoms with van der Waals surface area (Å²) in [4.78, 5) is 30.6. The Morgan fingerprint density at radius 1 is 1.07 bits per heavy atom. The maximum Gasteiger partial charge on any atom is 0.251 e. The molecule has 3 aliphatic rings. The highest BCUT2D eigenvalue weighted by molar-refractivity contribution is 8.16. The van der Waals surface area contributed by atoms with E-state index in [0.717, 1.165) is 31.4 Å². The molecule has 1 amide bonds. The molecule has 0 aromatic heterocycles. The van der Waals surface area contributed by atoms with Crippen molar-refractivity contribution >= 4 is 44.1 Å². The van der Waals surface area contributed by atoms with Crippen LogP contribution in [-0.4, -0.2) is 48.1 Å². The number of fused-ring (bicyclic) bond motifs is 1. The Balaban J connectivity index is 1.65. The maximum absolute atomic E-state index is 12.7. The maximum atomic E-state index is 12.7. The van der Waals surface area contributed by atoms with E-state index >= 15 is 0 Å². The van der Waals surface area contributed by atoms with Gasteiger partial charge >= 0.3 is 0 Å². The van der Waals surface area contributed by atoms with Crippen molar-refractivity contribution in [3.63, 3.8) is 0 Å². The number of nitrogens with zero attached hydrogens (tertiary/aromatic N) is 2. The number of thioether (sulfide) groups is 1. The van der Waals surface area contributed by atoms with Crippen LogP contribution in [0.25, 0.3) is 0 Å². The molecule has 28 heavy (non-hydrogen) atoms. The number of hydrogen-bond acceptors (Lipinski definition) is 5. The van der Waals surface area contributed by atoms with Crippen molar-refractivity contribution in [2.45, 2.75) is 50.3 Å². The molecular formula is C20H24N2O4S2. The summed E-state index contributed by atoms with van der Waals surface area (Å²) in [5.74, 6) is 0.0462. The van der Waals surface area contributed by atoms with Crippen LogP contribution in [0.4, 0.5) is 5.69 Å². The van der Waals surface area contributed by atoms with Crippen molar-refractivity contribution in [2.75, 3.05) is 16.4 Å².